The van der Waals surface area contributed by atoms with Crippen molar-refractivity contribution in [2.45, 2.75) is 39.4 Å². The Bertz CT molecular complexity index is 1150. The van der Waals surface area contributed by atoms with E-state index in [-0.39, 0.29) is 6.42 Å². The monoisotopic (exact) mass is 480 g/mol. The van der Waals surface area contributed by atoms with E-state index in [4.69, 9.17) is 14.2 Å². The molecule has 1 N–H and O–H groups in total. The van der Waals surface area contributed by atoms with Crippen LogP contribution in [-0.2, 0) is 20.9 Å². The second-order valence-corrected chi connectivity index (χ2v) is 8.60. The van der Waals surface area contributed by atoms with Crippen molar-refractivity contribution in [3.63, 3.8) is 0 Å². The minimum atomic E-state index is -0.892. The molecule has 0 amide bonds. The highest BCUT2D eigenvalue weighted by molar-refractivity contribution is 7.07. The first-order valence-electron chi connectivity index (χ1n) is 10.9. The first-order chi connectivity index (χ1) is 16.4. The van der Waals surface area contributed by atoms with Gasteiger partial charge in [-0.1, -0.05) is 24.3 Å². The van der Waals surface area contributed by atoms with Gasteiger partial charge in [-0.05, 0) is 71.5 Å². The summed E-state index contributed by atoms with van der Waals surface area (Å²) in [7, 11) is 1.32. The number of esters is 1. The molecule has 0 aliphatic carbocycles. The topological polar surface area (TPSA) is 82.1 Å². The summed E-state index contributed by atoms with van der Waals surface area (Å²) in [6.45, 7) is 4.18. The molecule has 1 atom stereocenters. The minimum Gasteiger partial charge on any atom is -0.489 e. The smallest absolute Gasteiger partial charge is 0.330 e. The summed E-state index contributed by atoms with van der Waals surface area (Å²) in [6, 6.07) is 15.2. The molecule has 7 heteroatoms. The molecule has 1 heterocycles. The highest BCUT2D eigenvalue weighted by Crippen LogP contribution is 2.36. The lowest BCUT2D eigenvalue weighted by atomic mass is 9.99. The SMILES string of the molecule is COC(=O)/C=C(\C)c1ccc(OCc2ccsc2)cc1OC(CCC(=O)O)c1ccccc1C. The van der Waals surface area contributed by atoms with Crippen LogP contribution in [0.3, 0.4) is 0 Å². The lowest BCUT2D eigenvalue weighted by Gasteiger charge is -2.23. The predicted molar refractivity (Wildman–Crippen MR) is 132 cm³/mol. The Morgan fingerprint density at radius 1 is 1.15 bits per heavy atom. The van der Waals surface area contributed by atoms with Crippen molar-refractivity contribution in [1.82, 2.24) is 0 Å². The van der Waals surface area contributed by atoms with Gasteiger partial charge in [-0.3, -0.25) is 4.79 Å². The number of benzene rings is 2. The summed E-state index contributed by atoms with van der Waals surface area (Å²) in [5.74, 6) is -0.253. The summed E-state index contributed by atoms with van der Waals surface area (Å²) in [6.07, 6.45) is 1.15. The molecule has 0 spiro atoms. The number of rotatable bonds is 11. The molecule has 3 rings (SSSR count). The van der Waals surface area contributed by atoms with Crippen molar-refractivity contribution < 1.29 is 28.9 Å². The van der Waals surface area contributed by atoms with Crippen LogP contribution in [0, 0.1) is 6.92 Å². The fraction of sp³-hybridized carbons (Fsp3) is 0.259. The molecule has 1 unspecified atom stereocenters. The quantitative estimate of drug-likeness (QED) is 0.260. The van der Waals surface area contributed by atoms with Gasteiger partial charge in [0.25, 0.3) is 0 Å². The average molecular weight is 481 g/mol. The van der Waals surface area contributed by atoms with Crippen LogP contribution in [0.1, 0.15) is 48.1 Å². The Balaban J connectivity index is 1.98. The maximum absolute atomic E-state index is 11.8. The van der Waals surface area contributed by atoms with Crippen molar-refractivity contribution in [2.24, 2.45) is 0 Å². The summed E-state index contributed by atoms with van der Waals surface area (Å²) >= 11 is 1.60. The fourth-order valence-corrected chi connectivity index (χ4v) is 4.16. The van der Waals surface area contributed by atoms with E-state index < -0.39 is 18.0 Å². The van der Waals surface area contributed by atoms with Gasteiger partial charge in [0.05, 0.1) is 7.11 Å². The van der Waals surface area contributed by atoms with Crippen molar-refractivity contribution in [1.29, 1.82) is 0 Å². The van der Waals surface area contributed by atoms with Crippen LogP contribution >= 0.6 is 11.3 Å². The van der Waals surface area contributed by atoms with Crippen molar-refractivity contribution >= 4 is 28.8 Å². The number of thiophene rings is 1. The molecule has 0 aliphatic heterocycles. The maximum Gasteiger partial charge on any atom is 0.330 e. The molecule has 0 saturated heterocycles. The summed E-state index contributed by atoms with van der Waals surface area (Å²) in [4.78, 5) is 23.2. The second kappa shape index (κ2) is 12.0. The number of carboxylic acid groups (broad SMARTS) is 1. The molecular weight excluding hydrogens is 452 g/mol. The molecule has 2 aromatic carbocycles. The molecule has 1 aromatic heterocycles. The minimum absolute atomic E-state index is 0.0420. The van der Waals surface area contributed by atoms with Crippen LogP contribution in [0.4, 0.5) is 0 Å². The van der Waals surface area contributed by atoms with E-state index >= 15 is 0 Å². The molecule has 6 nitrogen and oxygen atoms in total. The molecular formula is C27H28O6S. The number of ether oxygens (including phenoxy) is 3. The Morgan fingerprint density at radius 2 is 1.94 bits per heavy atom. The number of aryl methyl sites for hydroxylation is 1. The Kier molecular flexibility index (Phi) is 8.87. The van der Waals surface area contributed by atoms with Gasteiger partial charge in [0.2, 0.25) is 0 Å². The zero-order chi connectivity index (χ0) is 24.5. The van der Waals surface area contributed by atoms with Gasteiger partial charge in [-0.2, -0.15) is 11.3 Å². The molecule has 3 aromatic rings. The average Bonchev–Trinajstić information content (AvgIpc) is 3.34. The summed E-state index contributed by atoms with van der Waals surface area (Å²) in [5.41, 5.74) is 4.34. The van der Waals surface area contributed by atoms with E-state index in [1.807, 2.05) is 60.1 Å². The van der Waals surface area contributed by atoms with Gasteiger partial charge in [-0.25, -0.2) is 4.79 Å². The van der Waals surface area contributed by atoms with E-state index in [1.165, 1.54) is 13.2 Å². The van der Waals surface area contributed by atoms with Crippen LogP contribution in [0.5, 0.6) is 11.5 Å². The normalized spacial score (nSPS) is 12.1. The lowest BCUT2D eigenvalue weighted by Crippen LogP contribution is -2.12. The second-order valence-electron chi connectivity index (χ2n) is 7.82. The number of hydrogen-bond acceptors (Lipinski definition) is 6. The number of carboxylic acids is 1. The first-order valence-corrected chi connectivity index (χ1v) is 11.8. The Hall–Kier alpha value is -3.58. The van der Waals surface area contributed by atoms with Crippen molar-refractivity contribution in [3.8, 4) is 11.5 Å². The van der Waals surface area contributed by atoms with Crippen molar-refractivity contribution in [3.05, 3.63) is 87.6 Å². The number of allylic oxidation sites excluding steroid dienone is 1. The number of carbonyl (C=O) groups is 2. The summed E-state index contributed by atoms with van der Waals surface area (Å²) in [5, 5.41) is 13.3. The van der Waals surface area contributed by atoms with E-state index in [0.717, 1.165) is 16.7 Å². The summed E-state index contributed by atoms with van der Waals surface area (Å²) < 4.78 is 17.2. The Morgan fingerprint density at radius 3 is 2.62 bits per heavy atom. The predicted octanol–water partition coefficient (Wildman–Crippen LogP) is 6.20. The third-order valence-corrected chi connectivity index (χ3v) is 6.06. The Labute approximate surface area is 203 Å². The van der Waals surface area contributed by atoms with Crippen LogP contribution in [-0.4, -0.2) is 24.2 Å². The van der Waals surface area contributed by atoms with Crippen LogP contribution in [0.15, 0.2) is 65.4 Å². The number of methoxy groups -OCH3 is 1. The fourth-order valence-electron chi connectivity index (χ4n) is 3.50. The van der Waals surface area contributed by atoms with E-state index in [9.17, 15) is 14.7 Å². The van der Waals surface area contributed by atoms with Crippen molar-refractivity contribution in [2.75, 3.05) is 7.11 Å². The maximum atomic E-state index is 11.8. The number of carbonyl (C=O) groups excluding carboxylic acids is 1. The zero-order valence-corrected chi connectivity index (χ0v) is 20.3. The molecule has 0 saturated carbocycles. The molecule has 178 valence electrons. The highest BCUT2D eigenvalue weighted by Gasteiger charge is 2.20. The largest absolute Gasteiger partial charge is 0.489 e. The van der Waals surface area contributed by atoms with Crippen LogP contribution < -0.4 is 9.47 Å². The zero-order valence-electron chi connectivity index (χ0n) is 19.4. The van der Waals surface area contributed by atoms with Gasteiger partial charge in [0, 0.05) is 24.1 Å². The van der Waals surface area contributed by atoms with Gasteiger partial charge in [0.15, 0.2) is 0 Å². The van der Waals surface area contributed by atoms with E-state index in [1.54, 1.807) is 24.3 Å². The molecule has 0 bridgehead atoms. The number of aliphatic carboxylic acids is 1. The highest BCUT2D eigenvalue weighted by atomic mass is 32.1. The third kappa shape index (κ3) is 6.96. The van der Waals surface area contributed by atoms with Gasteiger partial charge < -0.3 is 19.3 Å². The van der Waals surface area contributed by atoms with Gasteiger partial charge in [0.1, 0.15) is 24.2 Å². The number of hydrogen-bond donors (Lipinski definition) is 1. The van der Waals surface area contributed by atoms with E-state index in [0.29, 0.717) is 35.7 Å². The third-order valence-electron chi connectivity index (χ3n) is 5.32. The molecule has 0 fully saturated rings. The molecule has 0 radical (unpaired) electrons. The van der Waals surface area contributed by atoms with E-state index in [2.05, 4.69) is 0 Å². The van der Waals surface area contributed by atoms with Gasteiger partial charge >= 0.3 is 11.9 Å². The van der Waals surface area contributed by atoms with Crippen LogP contribution in [0.25, 0.3) is 5.57 Å². The molecule has 0 aliphatic rings. The lowest BCUT2D eigenvalue weighted by molar-refractivity contribution is -0.137. The molecule has 34 heavy (non-hydrogen) atoms. The standard InChI is InChI=1S/C27H28O6S/c1-18-6-4-5-7-22(18)24(10-11-26(28)29)33-25-15-21(32-16-20-12-13-34-17-20)8-9-23(25)19(2)14-27(30)31-3/h4-9,12-15,17,24H,10-11,16H2,1-3H3,(H,28,29)/b19-14+. The van der Waals surface area contributed by atoms with Crippen LogP contribution in [0.2, 0.25) is 0 Å². The first kappa shape index (κ1) is 25.1. The van der Waals surface area contributed by atoms with Gasteiger partial charge in [-0.15, -0.1) is 0 Å².